The molecule has 2 N–H and O–H groups in total. The van der Waals surface area contributed by atoms with Crippen molar-refractivity contribution in [3.8, 4) is 5.75 Å². The Kier molecular flexibility index (Phi) is 7.02. The number of anilines is 2. The zero-order valence-corrected chi connectivity index (χ0v) is 17.8. The van der Waals surface area contributed by atoms with Crippen molar-refractivity contribution in [2.45, 2.75) is 6.54 Å². The van der Waals surface area contributed by atoms with Crippen molar-refractivity contribution >= 4 is 23.2 Å². The predicted molar refractivity (Wildman–Crippen MR) is 126 cm³/mol. The number of carbonyl (C=O) groups is 2. The van der Waals surface area contributed by atoms with Crippen LogP contribution in [0, 0.1) is 0 Å². The van der Waals surface area contributed by atoms with E-state index in [0.29, 0.717) is 18.0 Å². The lowest BCUT2D eigenvalue weighted by Crippen LogP contribution is -2.44. The fourth-order valence-corrected chi connectivity index (χ4v) is 3.17. The first-order valence-corrected chi connectivity index (χ1v) is 10.4. The molecule has 0 fully saturated rings. The Hall–Kier alpha value is -4.52. The number of benzene rings is 3. The van der Waals surface area contributed by atoms with Gasteiger partial charge in [-0.1, -0.05) is 54.6 Å². The highest BCUT2D eigenvalue weighted by Crippen LogP contribution is 2.19. The summed E-state index contributed by atoms with van der Waals surface area (Å²) < 4.78 is 10.7. The Morgan fingerprint density at radius 3 is 2.33 bits per heavy atom. The van der Waals surface area contributed by atoms with Crippen LogP contribution in [0.25, 0.3) is 0 Å². The van der Waals surface area contributed by atoms with Crippen LogP contribution in [0.2, 0.25) is 0 Å². The molecular formula is C26H23N3O4. The largest absolute Gasteiger partial charge is 0.484 e. The fraction of sp³-hybridized carbons (Fsp3) is 0.0769. The van der Waals surface area contributed by atoms with Crippen LogP contribution in [0.15, 0.2) is 108 Å². The molecule has 4 aromatic rings. The van der Waals surface area contributed by atoms with Crippen LogP contribution >= 0.6 is 0 Å². The third kappa shape index (κ3) is 6.24. The predicted octanol–water partition coefficient (Wildman–Crippen LogP) is 4.65. The van der Waals surface area contributed by atoms with E-state index in [-0.39, 0.29) is 24.2 Å². The molecule has 0 saturated carbocycles. The minimum atomic E-state index is -0.366. The molecule has 0 aliphatic heterocycles. The highest BCUT2D eigenvalue weighted by Gasteiger charge is 2.13. The van der Waals surface area contributed by atoms with E-state index in [0.717, 1.165) is 11.3 Å². The van der Waals surface area contributed by atoms with Crippen LogP contribution < -0.4 is 20.5 Å². The van der Waals surface area contributed by atoms with Gasteiger partial charge in [0.25, 0.3) is 11.8 Å². The quantitative estimate of drug-likeness (QED) is 0.370. The van der Waals surface area contributed by atoms with Gasteiger partial charge < -0.3 is 14.5 Å². The van der Waals surface area contributed by atoms with Gasteiger partial charge in [0.2, 0.25) is 0 Å². The van der Waals surface area contributed by atoms with Gasteiger partial charge in [-0.3, -0.25) is 20.0 Å². The van der Waals surface area contributed by atoms with E-state index in [2.05, 4.69) is 10.7 Å². The molecule has 1 heterocycles. The van der Waals surface area contributed by atoms with Crippen LogP contribution in [0.1, 0.15) is 16.1 Å². The van der Waals surface area contributed by atoms with Crippen LogP contribution in [0.3, 0.4) is 0 Å². The van der Waals surface area contributed by atoms with Gasteiger partial charge in [-0.25, -0.2) is 0 Å². The molecule has 3 aromatic carbocycles. The molecule has 4 rings (SSSR count). The molecule has 166 valence electrons. The Morgan fingerprint density at radius 1 is 0.848 bits per heavy atom. The van der Waals surface area contributed by atoms with Gasteiger partial charge in [-0.15, -0.1) is 0 Å². The summed E-state index contributed by atoms with van der Waals surface area (Å²) in [6.07, 6.45) is 1.43. The van der Waals surface area contributed by atoms with Gasteiger partial charge in [0.05, 0.1) is 18.5 Å². The van der Waals surface area contributed by atoms with E-state index in [1.165, 1.54) is 6.26 Å². The number of rotatable bonds is 9. The summed E-state index contributed by atoms with van der Waals surface area (Å²) in [7, 11) is 0. The number of nitrogens with zero attached hydrogens (tertiary/aromatic N) is 1. The van der Waals surface area contributed by atoms with Crippen LogP contribution in [0.4, 0.5) is 11.4 Å². The van der Waals surface area contributed by atoms with E-state index in [4.69, 9.17) is 9.15 Å². The Bertz CT molecular complexity index is 1180. The summed E-state index contributed by atoms with van der Waals surface area (Å²) in [5.74, 6) is -0.00838. The monoisotopic (exact) mass is 441 g/mol. The van der Waals surface area contributed by atoms with Gasteiger partial charge in [-0.2, -0.15) is 0 Å². The van der Waals surface area contributed by atoms with Gasteiger partial charge in [0.1, 0.15) is 5.75 Å². The summed E-state index contributed by atoms with van der Waals surface area (Å²) in [4.78, 5) is 24.8. The first-order valence-electron chi connectivity index (χ1n) is 10.4. The molecule has 7 nitrogen and oxygen atoms in total. The van der Waals surface area contributed by atoms with E-state index in [9.17, 15) is 9.59 Å². The van der Waals surface area contributed by atoms with Crippen molar-refractivity contribution < 1.29 is 18.7 Å². The molecule has 7 heteroatoms. The van der Waals surface area contributed by atoms with E-state index >= 15 is 0 Å². The van der Waals surface area contributed by atoms with E-state index in [1.54, 1.807) is 41.4 Å². The van der Waals surface area contributed by atoms with Gasteiger partial charge in [-0.05, 0) is 42.0 Å². The molecular weight excluding hydrogens is 418 g/mol. The number of amides is 2. The lowest BCUT2D eigenvalue weighted by Gasteiger charge is -2.25. The van der Waals surface area contributed by atoms with Crippen LogP contribution in [0.5, 0.6) is 5.75 Å². The minimum absolute atomic E-state index is 0.187. The van der Waals surface area contributed by atoms with Gasteiger partial charge >= 0.3 is 0 Å². The molecule has 0 radical (unpaired) electrons. The average molecular weight is 441 g/mol. The number of para-hydroxylation sites is 1. The van der Waals surface area contributed by atoms with Crippen molar-refractivity contribution in [2.24, 2.45) is 0 Å². The summed E-state index contributed by atoms with van der Waals surface area (Å²) in [5.41, 5.74) is 5.35. The third-order valence-corrected chi connectivity index (χ3v) is 4.72. The SMILES string of the molecule is O=C(COc1cccc(NC(=O)c2ccco2)c1)NN(Cc1ccccc1)c1ccccc1. The first-order chi connectivity index (χ1) is 16.2. The molecule has 33 heavy (non-hydrogen) atoms. The molecule has 0 aliphatic rings. The second-order valence-electron chi connectivity index (χ2n) is 7.19. The lowest BCUT2D eigenvalue weighted by atomic mass is 10.2. The van der Waals surface area contributed by atoms with Crippen LogP contribution in [-0.2, 0) is 11.3 Å². The topological polar surface area (TPSA) is 83.8 Å². The number of hydrogen-bond donors (Lipinski definition) is 2. The average Bonchev–Trinajstić information content (AvgIpc) is 3.39. The fourth-order valence-electron chi connectivity index (χ4n) is 3.17. The molecule has 0 atom stereocenters. The van der Waals surface area contributed by atoms with Crippen molar-refractivity contribution in [3.05, 3.63) is 115 Å². The molecule has 1 aromatic heterocycles. The number of ether oxygens (including phenoxy) is 1. The highest BCUT2D eigenvalue weighted by molar-refractivity contribution is 6.02. The number of furan rings is 1. The number of carbonyl (C=O) groups excluding carboxylic acids is 2. The number of hydrazine groups is 1. The molecule has 2 amide bonds. The Morgan fingerprint density at radius 2 is 1.61 bits per heavy atom. The molecule has 0 unspecified atom stereocenters. The maximum atomic E-state index is 12.6. The smallest absolute Gasteiger partial charge is 0.291 e. The maximum absolute atomic E-state index is 12.6. The standard InChI is InChI=1S/C26H23N3O4/c30-25(28-29(22-12-5-2-6-13-22)18-20-9-3-1-4-10-20)19-33-23-14-7-11-21(17-23)27-26(31)24-15-8-16-32-24/h1-17H,18-19H2,(H,27,31)(H,28,30). The maximum Gasteiger partial charge on any atom is 0.291 e. The van der Waals surface area contributed by atoms with Crippen molar-refractivity contribution in [2.75, 3.05) is 16.9 Å². The summed E-state index contributed by atoms with van der Waals surface area (Å²) in [6.45, 7) is 0.318. The highest BCUT2D eigenvalue weighted by atomic mass is 16.5. The Balaban J connectivity index is 1.36. The Labute approximate surface area is 191 Å². The zero-order chi connectivity index (χ0) is 22.9. The molecule has 0 bridgehead atoms. The minimum Gasteiger partial charge on any atom is -0.484 e. The van der Waals surface area contributed by atoms with E-state index < -0.39 is 0 Å². The van der Waals surface area contributed by atoms with Crippen molar-refractivity contribution in [3.63, 3.8) is 0 Å². The molecule has 0 aliphatic carbocycles. The van der Waals surface area contributed by atoms with Gasteiger partial charge in [0, 0.05) is 11.8 Å². The van der Waals surface area contributed by atoms with E-state index in [1.807, 2.05) is 60.7 Å². The van der Waals surface area contributed by atoms with Gasteiger partial charge in [0.15, 0.2) is 12.4 Å². The van der Waals surface area contributed by atoms with Crippen LogP contribution in [-0.4, -0.2) is 18.4 Å². The number of hydrogen-bond acceptors (Lipinski definition) is 5. The summed E-state index contributed by atoms with van der Waals surface area (Å²) in [5, 5.41) is 4.51. The molecule has 0 saturated heterocycles. The zero-order valence-electron chi connectivity index (χ0n) is 17.8. The normalized spacial score (nSPS) is 10.3. The van der Waals surface area contributed by atoms with Crippen molar-refractivity contribution in [1.82, 2.24) is 5.43 Å². The third-order valence-electron chi connectivity index (χ3n) is 4.72. The second-order valence-corrected chi connectivity index (χ2v) is 7.19. The molecule has 0 spiro atoms. The lowest BCUT2D eigenvalue weighted by molar-refractivity contribution is -0.123. The summed E-state index contributed by atoms with van der Waals surface area (Å²) in [6, 6.07) is 29.5. The van der Waals surface area contributed by atoms with Crippen molar-refractivity contribution in [1.29, 1.82) is 0 Å². The summed E-state index contributed by atoms with van der Waals surface area (Å²) >= 11 is 0. The number of nitrogens with one attached hydrogen (secondary N) is 2. The first kappa shape index (κ1) is 21.7. The second kappa shape index (κ2) is 10.7.